The minimum absolute atomic E-state index is 0.597. The van der Waals surface area contributed by atoms with Crippen molar-refractivity contribution >= 4 is 0 Å². The van der Waals surface area contributed by atoms with Crippen LogP contribution in [-0.2, 0) is 17.7 Å². The fraction of sp³-hybridized carbons (Fsp3) is 0.867. The molecule has 5 nitrogen and oxygen atoms in total. The summed E-state index contributed by atoms with van der Waals surface area (Å²) >= 11 is 0. The quantitative estimate of drug-likeness (QED) is 0.632. The van der Waals surface area contributed by atoms with Gasteiger partial charge in [0.05, 0.1) is 6.61 Å². The second kappa shape index (κ2) is 9.88. The minimum Gasteiger partial charge on any atom is -0.383 e. The molecule has 0 aliphatic heterocycles. The van der Waals surface area contributed by atoms with E-state index in [-0.39, 0.29) is 0 Å². The highest BCUT2D eigenvalue weighted by Crippen LogP contribution is 2.13. The Bertz CT molecular complexity index is 351. The van der Waals surface area contributed by atoms with Crippen molar-refractivity contribution in [3.05, 3.63) is 12.2 Å². The lowest BCUT2D eigenvalue weighted by Crippen LogP contribution is -2.28. The zero-order valence-electron chi connectivity index (χ0n) is 13.4. The predicted molar refractivity (Wildman–Crippen MR) is 81.7 cm³/mol. The lowest BCUT2D eigenvalue weighted by Gasteiger charge is -2.17. The standard InChI is InChI=1S/C15H30N4O/c1-5-6-14(10-16-7-8-20-4)9-15-17-12-18-19(15)11-13(2)3/h12-14,16H,5-11H2,1-4H3. The van der Waals surface area contributed by atoms with Crippen LogP contribution in [0.15, 0.2) is 6.33 Å². The molecule has 0 radical (unpaired) electrons. The van der Waals surface area contributed by atoms with Crippen LogP contribution in [0.2, 0.25) is 0 Å². The predicted octanol–water partition coefficient (Wildman–Crippen LogP) is 2.13. The lowest BCUT2D eigenvalue weighted by atomic mass is 9.99. The highest BCUT2D eigenvalue weighted by atomic mass is 16.5. The van der Waals surface area contributed by atoms with E-state index in [1.165, 1.54) is 12.8 Å². The van der Waals surface area contributed by atoms with Gasteiger partial charge in [-0.25, -0.2) is 9.67 Å². The van der Waals surface area contributed by atoms with Gasteiger partial charge in [-0.3, -0.25) is 0 Å². The Hall–Kier alpha value is -0.940. The van der Waals surface area contributed by atoms with Crippen LogP contribution in [0.1, 0.15) is 39.4 Å². The number of hydrogen-bond acceptors (Lipinski definition) is 4. The topological polar surface area (TPSA) is 52.0 Å². The van der Waals surface area contributed by atoms with Gasteiger partial charge in [0.15, 0.2) is 0 Å². The number of methoxy groups -OCH3 is 1. The molecule has 0 saturated heterocycles. The van der Waals surface area contributed by atoms with Crippen molar-refractivity contribution in [2.24, 2.45) is 11.8 Å². The van der Waals surface area contributed by atoms with Crippen LogP contribution in [0.25, 0.3) is 0 Å². The number of nitrogens with zero attached hydrogens (tertiary/aromatic N) is 3. The number of ether oxygens (including phenoxy) is 1. The molecular weight excluding hydrogens is 252 g/mol. The Labute approximate surface area is 123 Å². The Morgan fingerprint density at radius 3 is 2.85 bits per heavy atom. The van der Waals surface area contributed by atoms with Crippen molar-refractivity contribution in [1.29, 1.82) is 0 Å². The Morgan fingerprint density at radius 2 is 2.20 bits per heavy atom. The van der Waals surface area contributed by atoms with E-state index in [4.69, 9.17) is 4.74 Å². The number of nitrogens with one attached hydrogen (secondary N) is 1. The van der Waals surface area contributed by atoms with Gasteiger partial charge in [-0.15, -0.1) is 0 Å². The molecule has 1 aromatic heterocycles. The zero-order valence-corrected chi connectivity index (χ0v) is 13.4. The zero-order chi connectivity index (χ0) is 14.8. The second-order valence-electron chi connectivity index (χ2n) is 5.81. The van der Waals surface area contributed by atoms with E-state index >= 15 is 0 Å². The van der Waals surface area contributed by atoms with Gasteiger partial charge in [0, 0.05) is 26.6 Å². The van der Waals surface area contributed by atoms with Gasteiger partial charge in [0.2, 0.25) is 0 Å². The van der Waals surface area contributed by atoms with Gasteiger partial charge < -0.3 is 10.1 Å². The SMILES string of the molecule is CCCC(CNCCOC)Cc1ncnn1CC(C)C. The summed E-state index contributed by atoms with van der Waals surface area (Å²) in [7, 11) is 1.74. The van der Waals surface area contributed by atoms with E-state index in [0.717, 1.165) is 38.5 Å². The summed E-state index contributed by atoms with van der Waals surface area (Å²) in [5.74, 6) is 2.33. The van der Waals surface area contributed by atoms with Crippen LogP contribution in [0.3, 0.4) is 0 Å². The monoisotopic (exact) mass is 282 g/mol. The molecule has 1 rings (SSSR count). The molecule has 1 atom stereocenters. The number of hydrogen-bond donors (Lipinski definition) is 1. The molecule has 1 N–H and O–H groups in total. The fourth-order valence-corrected chi connectivity index (χ4v) is 2.37. The Balaban J connectivity index is 2.49. The van der Waals surface area contributed by atoms with Crippen molar-refractivity contribution in [3.8, 4) is 0 Å². The second-order valence-corrected chi connectivity index (χ2v) is 5.81. The summed E-state index contributed by atoms with van der Waals surface area (Å²) in [6, 6.07) is 0. The maximum Gasteiger partial charge on any atom is 0.138 e. The first-order valence-electron chi connectivity index (χ1n) is 7.73. The summed E-state index contributed by atoms with van der Waals surface area (Å²) in [5, 5.41) is 7.81. The molecule has 0 amide bonds. The molecular formula is C15H30N4O. The van der Waals surface area contributed by atoms with Crippen LogP contribution in [0.5, 0.6) is 0 Å². The van der Waals surface area contributed by atoms with E-state index in [1.54, 1.807) is 13.4 Å². The third kappa shape index (κ3) is 6.48. The van der Waals surface area contributed by atoms with Crippen LogP contribution in [0, 0.1) is 11.8 Å². The average molecular weight is 282 g/mol. The van der Waals surface area contributed by atoms with E-state index < -0.39 is 0 Å². The van der Waals surface area contributed by atoms with Crippen LogP contribution >= 0.6 is 0 Å². The average Bonchev–Trinajstić information content (AvgIpc) is 2.81. The summed E-state index contributed by atoms with van der Waals surface area (Å²) in [5.41, 5.74) is 0. The molecule has 0 aromatic carbocycles. The summed E-state index contributed by atoms with van der Waals surface area (Å²) in [4.78, 5) is 4.44. The number of aromatic nitrogens is 3. The normalized spacial score (nSPS) is 13.1. The first-order valence-corrected chi connectivity index (χ1v) is 7.73. The summed E-state index contributed by atoms with van der Waals surface area (Å²) in [6.45, 7) is 10.3. The molecule has 0 saturated carbocycles. The first-order chi connectivity index (χ1) is 9.67. The van der Waals surface area contributed by atoms with E-state index in [9.17, 15) is 0 Å². The molecule has 1 unspecified atom stereocenters. The molecule has 0 aliphatic carbocycles. The molecule has 5 heteroatoms. The van der Waals surface area contributed by atoms with E-state index in [2.05, 4.69) is 40.9 Å². The van der Waals surface area contributed by atoms with Crippen LogP contribution in [0.4, 0.5) is 0 Å². The minimum atomic E-state index is 0.597. The molecule has 0 aliphatic rings. The highest BCUT2D eigenvalue weighted by Gasteiger charge is 2.13. The van der Waals surface area contributed by atoms with E-state index in [1.807, 2.05) is 0 Å². The van der Waals surface area contributed by atoms with Crippen molar-refractivity contribution in [3.63, 3.8) is 0 Å². The van der Waals surface area contributed by atoms with Gasteiger partial charge in [-0.2, -0.15) is 5.10 Å². The molecule has 20 heavy (non-hydrogen) atoms. The first kappa shape index (κ1) is 17.1. The molecule has 1 aromatic rings. The summed E-state index contributed by atoms with van der Waals surface area (Å²) in [6.07, 6.45) is 5.10. The van der Waals surface area contributed by atoms with Gasteiger partial charge in [-0.1, -0.05) is 27.2 Å². The molecule has 0 spiro atoms. The van der Waals surface area contributed by atoms with Crippen LogP contribution in [-0.4, -0.2) is 41.6 Å². The molecule has 0 bridgehead atoms. The van der Waals surface area contributed by atoms with Crippen molar-refractivity contribution in [2.75, 3.05) is 26.8 Å². The molecule has 116 valence electrons. The lowest BCUT2D eigenvalue weighted by molar-refractivity contribution is 0.197. The maximum absolute atomic E-state index is 5.06. The Morgan fingerprint density at radius 1 is 1.40 bits per heavy atom. The smallest absolute Gasteiger partial charge is 0.138 e. The maximum atomic E-state index is 5.06. The largest absolute Gasteiger partial charge is 0.383 e. The van der Waals surface area contributed by atoms with Crippen molar-refractivity contribution in [2.45, 2.75) is 46.6 Å². The van der Waals surface area contributed by atoms with Gasteiger partial charge >= 0.3 is 0 Å². The molecule has 1 heterocycles. The van der Waals surface area contributed by atoms with Crippen LogP contribution < -0.4 is 5.32 Å². The van der Waals surface area contributed by atoms with Gasteiger partial charge in [0.25, 0.3) is 0 Å². The molecule has 0 fully saturated rings. The van der Waals surface area contributed by atoms with Gasteiger partial charge in [0.1, 0.15) is 12.2 Å². The van der Waals surface area contributed by atoms with Gasteiger partial charge in [-0.05, 0) is 24.8 Å². The fourth-order valence-electron chi connectivity index (χ4n) is 2.37. The van der Waals surface area contributed by atoms with Crippen molar-refractivity contribution in [1.82, 2.24) is 20.1 Å². The summed E-state index contributed by atoms with van der Waals surface area (Å²) < 4.78 is 7.12. The highest BCUT2D eigenvalue weighted by molar-refractivity contribution is 4.88. The third-order valence-electron chi connectivity index (χ3n) is 3.32. The Kier molecular flexibility index (Phi) is 8.46. The third-order valence-corrected chi connectivity index (χ3v) is 3.32. The van der Waals surface area contributed by atoms with E-state index in [0.29, 0.717) is 11.8 Å². The van der Waals surface area contributed by atoms with Crippen molar-refractivity contribution < 1.29 is 4.74 Å². The number of rotatable bonds is 11.